The summed E-state index contributed by atoms with van der Waals surface area (Å²) in [5, 5.41) is 15.4. The van der Waals surface area contributed by atoms with Crippen molar-refractivity contribution in [2.24, 2.45) is 0 Å². The van der Waals surface area contributed by atoms with Crippen molar-refractivity contribution in [3.05, 3.63) is 77.9 Å². The molecule has 0 spiro atoms. The molecule has 0 unspecified atom stereocenters. The number of nitrogens with one attached hydrogen (secondary N) is 1. The number of alkyl halides is 3. The lowest BCUT2D eigenvalue weighted by Crippen LogP contribution is -2.43. The van der Waals surface area contributed by atoms with Crippen LogP contribution in [0.15, 0.2) is 66.7 Å². The highest BCUT2D eigenvalue weighted by Crippen LogP contribution is 2.38. The Bertz CT molecular complexity index is 1370. The highest BCUT2D eigenvalue weighted by atomic mass is 19.4. The molecular formula is C24H20F3N5O3. The van der Waals surface area contributed by atoms with Crippen LogP contribution in [0.25, 0.3) is 22.3 Å². The first kappa shape index (κ1) is 23.7. The Balaban J connectivity index is 1.68. The number of carboxylic acid groups (broad SMARTS) is 1. The fourth-order valence-electron chi connectivity index (χ4n) is 3.71. The molecule has 0 saturated heterocycles. The average Bonchev–Trinajstić information content (AvgIpc) is 3.13. The summed E-state index contributed by atoms with van der Waals surface area (Å²) in [5.41, 5.74) is 5.68. The highest BCUT2D eigenvalue weighted by molar-refractivity contribution is 5.93. The Morgan fingerprint density at radius 3 is 2.29 bits per heavy atom. The van der Waals surface area contributed by atoms with E-state index in [0.29, 0.717) is 11.1 Å². The topological polar surface area (TPSA) is 123 Å². The van der Waals surface area contributed by atoms with E-state index < -0.39 is 47.4 Å². The zero-order valence-electron chi connectivity index (χ0n) is 18.2. The van der Waals surface area contributed by atoms with Gasteiger partial charge in [-0.2, -0.15) is 18.3 Å². The molecule has 4 aromatic rings. The Kier molecular flexibility index (Phi) is 6.41. The number of hydrogen-bond acceptors (Lipinski definition) is 5. The van der Waals surface area contributed by atoms with Gasteiger partial charge in [0.15, 0.2) is 11.5 Å². The molecule has 0 aliphatic rings. The molecule has 2 aromatic heterocycles. The molecule has 35 heavy (non-hydrogen) atoms. The standard InChI is InChI=1S/C24H20F3N5O3/c25-24(26,27)16-12-17(15-9-5-2-6-10-15)30-22-20(16)21(28)31-32(22)13-19(33)29-18(23(34)35)11-14-7-3-1-4-8-14/h1-10,12,18H,11,13H2,(H2,28,31)(H,29,33)(H,34,35)/t18-/m0/s1. The maximum Gasteiger partial charge on any atom is 0.417 e. The highest BCUT2D eigenvalue weighted by Gasteiger charge is 2.36. The Morgan fingerprint density at radius 1 is 1.06 bits per heavy atom. The molecule has 0 bridgehead atoms. The number of benzene rings is 2. The molecule has 2 heterocycles. The third-order valence-electron chi connectivity index (χ3n) is 5.31. The molecule has 1 atom stereocenters. The van der Waals surface area contributed by atoms with E-state index in [1.807, 2.05) is 0 Å². The van der Waals surface area contributed by atoms with E-state index in [0.717, 1.165) is 10.7 Å². The first-order valence-electron chi connectivity index (χ1n) is 10.5. The van der Waals surface area contributed by atoms with Crippen molar-refractivity contribution >= 4 is 28.7 Å². The molecule has 0 aliphatic carbocycles. The molecule has 2 aromatic carbocycles. The number of carbonyl (C=O) groups excluding carboxylic acids is 1. The van der Waals surface area contributed by atoms with Crippen LogP contribution < -0.4 is 11.1 Å². The average molecular weight is 483 g/mol. The van der Waals surface area contributed by atoms with Gasteiger partial charge in [0.05, 0.1) is 16.6 Å². The van der Waals surface area contributed by atoms with Crippen LogP contribution in [0.1, 0.15) is 11.1 Å². The van der Waals surface area contributed by atoms with Crippen molar-refractivity contribution < 1.29 is 27.9 Å². The Morgan fingerprint density at radius 2 is 1.69 bits per heavy atom. The summed E-state index contributed by atoms with van der Waals surface area (Å²) in [6.45, 7) is -0.575. The summed E-state index contributed by atoms with van der Waals surface area (Å²) >= 11 is 0. The molecule has 0 radical (unpaired) electrons. The van der Waals surface area contributed by atoms with Gasteiger partial charge in [0, 0.05) is 12.0 Å². The van der Waals surface area contributed by atoms with Crippen LogP contribution in [-0.4, -0.2) is 37.8 Å². The molecule has 0 saturated carbocycles. The number of pyridine rings is 1. The number of aromatic nitrogens is 3. The van der Waals surface area contributed by atoms with E-state index >= 15 is 0 Å². The SMILES string of the molecule is Nc1nn(CC(=O)N[C@@H](Cc2ccccc2)C(=O)O)c2nc(-c3ccccc3)cc(C(F)(F)F)c12. The van der Waals surface area contributed by atoms with E-state index in [1.54, 1.807) is 60.7 Å². The van der Waals surface area contributed by atoms with Gasteiger partial charge >= 0.3 is 12.1 Å². The fourth-order valence-corrected chi connectivity index (χ4v) is 3.71. The van der Waals surface area contributed by atoms with Gasteiger partial charge in [-0.15, -0.1) is 0 Å². The van der Waals surface area contributed by atoms with Gasteiger partial charge in [-0.05, 0) is 11.6 Å². The van der Waals surface area contributed by atoms with Crippen LogP contribution in [0.4, 0.5) is 19.0 Å². The summed E-state index contributed by atoms with van der Waals surface area (Å²) < 4.78 is 42.6. The number of hydrogen-bond donors (Lipinski definition) is 3. The second-order valence-electron chi connectivity index (χ2n) is 7.81. The molecule has 4 N–H and O–H groups in total. The van der Waals surface area contributed by atoms with Gasteiger partial charge in [0.2, 0.25) is 5.91 Å². The Hall–Kier alpha value is -4.41. The zero-order valence-corrected chi connectivity index (χ0v) is 18.2. The minimum Gasteiger partial charge on any atom is -0.480 e. The summed E-state index contributed by atoms with van der Waals surface area (Å²) in [5.74, 6) is -2.46. The van der Waals surface area contributed by atoms with Crippen molar-refractivity contribution in [1.82, 2.24) is 20.1 Å². The lowest BCUT2D eigenvalue weighted by molar-refractivity contribution is -0.142. The van der Waals surface area contributed by atoms with Crippen molar-refractivity contribution in [2.75, 3.05) is 5.73 Å². The fraction of sp³-hybridized carbons (Fsp3) is 0.167. The van der Waals surface area contributed by atoms with Crippen molar-refractivity contribution in [2.45, 2.75) is 25.2 Å². The molecule has 180 valence electrons. The number of carboxylic acids is 1. The number of fused-ring (bicyclic) bond motifs is 1. The first-order valence-corrected chi connectivity index (χ1v) is 10.5. The van der Waals surface area contributed by atoms with Gasteiger partial charge in [0.1, 0.15) is 12.6 Å². The summed E-state index contributed by atoms with van der Waals surface area (Å²) in [7, 11) is 0. The number of nitrogen functional groups attached to an aromatic ring is 1. The quantitative estimate of drug-likeness (QED) is 0.370. The van der Waals surface area contributed by atoms with Crippen LogP contribution >= 0.6 is 0 Å². The van der Waals surface area contributed by atoms with Crippen molar-refractivity contribution in [3.8, 4) is 11.3 Å². The van der Waals surface area contributed by atoms with Crippen molar-refractivity contribution in [1.29, 1.82) is 0 Å². The molecule has 0 aliphatic heterocycles. The van der Waals surface area contributed by atoms with Crippen LogP contribution in [0.3, 0.4) is 0 Å². The van der Waals surface area contributed by atoms with Gasteiger partial charge in [0.25, 0.3) is 0 Å². The molecule has 0 fully saturated rings. The largest absolute Gasteiger partial charge is 0.480 e. The van der Waals surface area contributed by atoms with Crippen LogP contribution in [0.2, 0.25) is 0 Å². The lowest BCUT2D eigenvalue weighted by Gasteiger charge is -2.15. The predicted molar refractivity (Wildman–Crippen MR) is 122 cm³/mol. The van der Waals surface area contributed by atoms with Crippen molar-refractivity contribution in [3.63, 3.8) is 0 Å². The smallest absolute Gasteiger partial charge is 0.417 e. The second kappa shape index (κ2) is 9.45. The van der Waals surface area contributed by atoms with Crippen LogP contribution in [0, 0.1) is 0 Å². The van der Waals surface area contributed by atoms with Crippen LogP contribution in [-0.2, 0) is 28.7 Å². The summed E-state index contributed by atoms with van der Waals surface area (Å²) in [6.07, 6.45) is -4.72. The summed E-state index contributed by atoms with van der Waals surface area (Å²) in [6, 6.07) is 16.6. The van der Waals surface area contributed by atoms with Gasteiger partial charge in [-0.1, -0.05) is 60.7 Å². The van der Waals surface area contributed by atoms with Gasteiger partial charge in [-0.25, -0.2) is 14.5 Å². The molecule has 1 amide bonds. The minimum absolute atomic E-state index is 0.0263. The number of amides is 1. The van der Waals surface area contributed by atoms with Gasteiger partial charge < -0.3 is 16.2 Å². The Labute approximate surface area is 197 Å². The number of halogens is 3. The van der Waals surface area contributed by atoms with E-state index in [9.17, 15) is 27.9 Å². The van der Waals surface area contributed by atoms with E-state index in [2.05, 4.69) is 15.4 Å². The number of anilines is 1. The minimum atomic E-state index is -4.75. The third kappa shape index (κ3) is 5.24. The normalized spacial score (nSPS) is 12.4. The number of carbonyl (C=O) groups is 2. The third-order valence-corrected chi connectivity index (χ3v) is 5.31. The predicted octanol–water partition coefficient (Wildman–Crippen LogP) is 3.51. The molecule has 11 heteroatoms. The van der Waals surface area contributed by atoms with E-state index in [4.69, 9.17) is 5.73 Å². The maximum atomic E-state index is 13.9. The van der Waals surface area contributed by atoms with Crippen LogP contribution in [0.5, 0.6) is 0 Å². The lowest BCUT2D eigenvalue weighted by atomic mass is 10.1. The molecule has 4 rings (SSSR count). The summed E-state index contributed by atoms with van der Waals surface area (Å²) in [4.78, 5) is 28.7. The number of nitrogens with zero attached hydrogens (tertiary/aromatic N) is 3. The monoisotopic (exact) mass is 483 g/mol. The molecular weight excluding hydrogens is 463 g/mol. The first-order chi connectivity index (χ1) is 16.6. The number of rotatable bonds is 7. The van der Waals surface area contributed by atoms with E-state index in [-0.39, 0.29) is 17.8 Å². The van der Waals surface area contributed by atoms with E-state index in [1.165, 1.54) is 0 Å². The van der Waals surface area contributed by atoms with Gasteiger partial charge in [-0.3, -0.25) is 4.79 Å². The maximum absolute atomic E-state index is 13.9. The number of nitrogens with two attached hydrogens (primary N) is 1. The number of aliphatic carboxylic acids is 1. The second-order valence-corrected chi connectivity index (χ2v) is 7.81. The molecule has 8 nitrogen and oxygen atoms in total. The zero-order chi connectivity index (χ0) is 25.2.